The second-order valence-corrected chi connectivity index (χ2v) is 5.53. The first-order valence-electron chi connectivity index (χ1n) is 6.91. The molecule has 1 aliphatic heterocycles. The zero-order valence-electron chi connectivity index (χ0n) is 11.4. The van der Waals surface area contributed by atoms with Crippen LogP contribution in [0.1, 0.15) is 35.7 Å². The van der Waals surface area contributed by atoms with Gasteiger partial charge in [-0.2, -0.15) is 0 Å². The van der Waals surface area contributed by atoms with Gasteiger partial charge in [-0.05, 0) is 43.6 Å². The molecule has 1 fully saturated rings. The molecule has 0 radical (unpaired) electrons. The molecule has 1 N–H and O–H groups in total. The summed E-state index contributed by atoms with van der Waals surface area (Å²) in [6, 6.07) is 8.25. The lowest BCUT2D eigenvalue weighted by Gasteiger charge is -2.22. The second kappa shape index (κ2) is 7.06. The molecule has 1 unspecified atom stereocenters. The third-order valence-electron chi connectivity index (χ3n) is 3.77. The summed E-state index contributed by atoms with van der Waals surface area (Å²) in [5.41, 5.74) is 1.93. The van der Waals surface area contributed by atoms with Crippen LogP contribution in [0.15, 0.2) is 24.3 Å². The van der Waals surface area contributed by atoms with E-state index in [1.54, 1.807) is 0 Å². The molecule has 1 saturated heterocycles. The molecule has 2 rings (SSSR count). The van der Waals surface area contributed by atoms with Crippen LogP contribution < -0.4 is 5.32 Å². The molecule has 1 aromatic rings. The number of nitrogens with one attached hydrogen (secondary N) is 1. The van der Waals surface area contributed by atoms with E-state index < -0.39 is 0 Å². The first kappa shape index (κ1) is 14.5. The highest BCUT2D eigenvalue weighted by Gasteiger charge is 2.23. The zero-order chi connectivity index (χ0) is 13.7. The summed E-state index contributed by atoms with van der Waals surface area (Å²) in [6.45, 7) is 5.17. The lowest BCUT2D eigenvalue weighted by atomic mass is 10.1. The van der Waals surface area contributed by atoms with Gasteiger partial charge >= 0.3 is 0 Å². The number of hydrogen-bond donors (Lipinski definition) is 1. The van der Waals surface area contributed by atoms with Crippen molar-refractivity contribution in [1.82, 2.24) is 10.2 Å². The monoisotopic (exact) mass is 324 g/mol. The number of nitrogens with zero attached hydrogens (tertiary/aromatic N) is 1. The number of rotatable bonds is 5. The van der Waals surface area contributed by atoms with Crippen LogP contribution in [0.4, 0.5) is 0 Å². The Bertz CT molecular complexity index is 419. The second-order valence-electron chi connectivity index (χ2n) is 4.97. The average molecular weight is 325 g/mol. The zero-order valence-corrected chi connectivity index (χ0v) is 12.9. The maximum Gasteiger partial charge on any atom is 0.251 e. The first-order chi connectivity index (χ1) is 9.24. The quantitative estimate of drug-likeness (QED) is 0.845. The molecule has 104 valence electrons. The normalized spacial score (nSPS) is 19.6. The molecule has 0 bridgehead atoms. The van der Waals surface area contributed by atoms with E-state index in [4.69, 9.17) is 0 Å². The number of carbonyl (C=O) groups is 1. The molecule has 1 aliphatic rings. The molecular formula is C15H21BrN2O. The number of carbonyl (C=O) groups excluding carboxylic acids is 1. The summed E-state index contributed by atoms with van der Waals surface area (Å²) in [4.78, 5) is 14.5. The highest BCUT2D eigenvalue weighted by atomic mass is 79.9. The average Bonchev–Trinajstić information content (AvgIpc) is 2.92. The van der Waals surface area contributed by atoms with Crippen molar-refractivity contribution in [2.75, 3.05) is 19.6 Å². The third-order valence-corrected chi connectivity index (χ3v) is 4.42. The predicted octanol–water partition coefficient (Wildman–Crippen LogP) is 2.80. The number of alkyl halides is 1. The molecule has 0 aromatic heterocycles. The van der Waals surface area contributed by atoms with Gasteiger partial charge in [0.2, 0.25) is 0 Å². The molecule has 1 atom stereocenters. The maximum atomic E-state index is 12.1. The molecule has 0 spiro atoms. The minimum Gasteiger partial charge on any atom is -0.350 e. The molecule has 1 heterocycles. The molecule has 1 amide bonds. The van der Waals surface area contributed by atoms with E-state index in [1.165, 1.54) is 18.4 Å². The van der Waals surface area contributed by atoms with Gasteiger partial charge in [0.1, 0.15) is 0 Å². The summed E-state index contributed by atoms with van der Waals surface area (Å²) in [6.07, 6.45) is 2.44. The van der Waals surface area contributed by atoms with Crippen LogP contribution in [0.5, 0.6) is 0 Å². The summed E-state index contributed by atoms with van der Waals surface area (Å²) in [5.74, 6) is 0.0316. The van der Waals surface area contributed by atoms with Crippen molar-refractivity contribution in [1.29, 1.82) is 0 Å². The van der Waals surface area contributed by atoms with Gasteiger partial charge in [0.25, 0.3) is 5.91 Å². The molecule has 19 heavy (non-hydrogen) atoms. The topological polar surface area (TPSA) is 32.3 Å². The summed E-state index contributed by atoms with van der Waals surface area (Å²) in [5, 5.41) is 3.87. The standard InChI is InChI=1S/C15H21BrN2O/c1-2-18-9-3-4-14(18)11-17-15(19)13-7-5-12(10-16)6-8-13/h5-8,14H,2-4,9-11H2,1H3,(H,17,19). The van der Waals surface area contributed by atoms with Crippen LogP contribution in [-0.4, -0.2) is 36.5 Å². The Morgan fingerprint density at radius 3 is 2.79 bits per heavy atom. The van der Waals surface area contributed by atoms with Crippen LogP contribution in [-0.2, 0) is 5.33 Å². The van der Waals surface area contributed by atoms with Gasteiger partial charge in [-0.1, -0.05) is 35.0 Å². The number of likely N-dealkylation sites (tertiary alicyclic amines) is 1. The Balaban J connectivity index is 1.86. The fourth-order valence-electron chi connectivity index (χ4n) is 2.60. The summed E-state index contributed by atoms with van der Waals surface area (Å²) < 4.78 is 0. The van der Waals surface area contributed by atoms with Crippen molar-refractivity contribution in [2.24, 2.45) is 0 Å². The van der Waals surface area contributed by atoms with Gasteiger partial charge in [-0.15, -0.1) is 0 Å². The molecule has 3 nitrogen and oxygen atoms in total. The number of likely N-dealkylation sites (N-methyl/N-ethyl adjacent to an activating group) is 1. The van der Waals surface area contributed by atoms with Crippen molar-refractivity contribution < 1.29 is 4.79 Å². The largest absolute Gasteiger partial charge is 0.350 e. The van der Waals surface area contributed by atoms with Crippen LogP contribution in [0, 0.1) is 0 Å². The minimum atomic E-state index is 0.0316. The van der Waals surface area contributed by atoms with E-state index in [9.17, 15) is 4.79 Å². The smallest absolute Gasteiger partial charge is 0.251 e. The van der Waals surface area contributed by atoms with Crippen LogP contribution >= 0.6 is 15.9 Å². The summed E-state index contributed by atoms with van der Waals surface area (Å²) in [7, 11) is 0. The van der Waals surface area contributed by atoms with Gasteiger partial charge in [0.05, 0.1) is 0 Å². The Morgan fingerprint density at radius 2 is 2.16 bits per heavy atom. The fourth-order valence-corrected chi connectivity index (χ4v) is 2.97. The SMILES string of the molecule is CCN1CCCC1CNC(=O)c1ccc(CBr)cc1. The van der Waals surface area contributed by atoms with Gasteiger partial charge in [0.15, 0.2) is 0 Å². The van der Waals surface area contributed by atoms with Gasteiger partial charge < -0.3 is 5.32 Å². The van der Waals surface area contributed by atoms with Crippen molar-refractivity contribution >= 4 is 21.8 Å². The molecule has 1 aromatic carbocycles. The van der Waals surface area contributed by atoms with E-state index in [0.717, 1.165) is 30.5 Å². The Labute approximate surface area is 123 Å². The van der Waals surface area contributed by atoms with Crippen molar-refractivity contribution in [3.8, 4) is 0 Å². The predicted molar refractivity (Wildman–Crippen MR) is 81.7 cm³/mol. The maximum absolute atomic E-state index is 12.1. The fraction of sp³-hybridized carbons (Fsp3) is 0.533. The lowest BCUT2D eigenvalue weighted by Crippen LogP contribution is -2.40. The molecule has 0 aliphatic carbocycles. The summed E-state index contributed by atoms with van der Waals surface area (Å²) >= 11 is 3.40. The highest BCUT2D eigenvalue weighted by molar-refractivity contribution is 9.08. The van der Waals surface area contributed by atoms with Crippen LogP contribution in [0.3, 0.4) is 0 Å². The Morgan fingerprint density at radius 1 is 1.42 bits per heavy atom. The Hall–Kier alpha value is -0.870. The molecule has 0 saturated carbocycles. The van der Waals surface area contributed by atoms with Crippen molar-refractivity contribution in [2.45, 2.75) is 31.1 Å². The lowest BCUT2D eigenvalue weighted by molar-refractivity contribution is 0.0941. The van der Waals surface area contributed by atoms with E-state index in [2.05, 4.69) is 33.1 Å². The number of amides is 1. The first-order valence-corrected chi connectivity index (χ1v) is 8.04. The number of halogens is 1. The number of benzene rings is 1. The highest BCUT2D eigenvalue weighted by Crippen LogP contribution is 2.15. The third kappa shape index (κ3) is 3.80. The van der Waals surface area contributed by atoms with Crippen LogP contribution in [0.2, 0.25) is 0 Å². The van der Waals surface area contributed by atoms with Gasteiger partial charge in [-0.3, -0.25) is 9.69 Å². The van der Waals surface area contributed by atoms with Crippen molar-refractivity contribution in [3.63, 3.8) is 0 Å². The van der Waals surface area contributed by atoms with Gasteiger partial charge in [0, 0.05) is 23.5 Å². The molecular weight excluding hydrogens is 304 g/mol. The van der Waals surface area contributed by atoms with E-state index in [-0.39, 0.29) is 5.91 Å². The van der Waals surface area contributed by atoms with E-state index in [0.29, 0.717) is 6.04 Å². The van der Waals surface area contributed by atoms with Gasteiger partial charge in [-0.25, -0.2) is 0 Å². The van der Waals surface area contributed by atoms with E-state index in [1.807, 2.05) is 24.3 Å². The Kier molecular flexibility index (Phi) is 5.40. The van der Waals surface area contributed by atoms with Crippen molar-refractivity contribution in [3.05, 3.63) is 35.4 Å². The van der Waals surface area contributed by atoms with Crippen LogP contribution in [0.25, 0.3) is 0 Å². The number of hydrogen-bond acceptors (Lipinski definition) is 2. The molecule has 4 heteroatoms. The van der Waals surface area contributed by atoms with E-state index >= 15 is 0 Å². The minimum absolute atomic E-state index is 0.0316.